The molecule has 2 amide bonds. The van der Waals surface area contributed by atoms with Crippen molar-refractivity contribution in [3.8, 4) is 0 Å². The highest BCUT2D eigenvalue weighted by atomic mass is 16.5. The first-order chi connectivity index (χ1) is 11.0. The summed E-state index contributed by atoms with van der Waals surface area (Å²) < 4.78 is 6.63. The van der Waals surface area contributed by atoms with Crippen LogP contribution in [0.4, 0.5) is 0 Å². The lowest BCUT2D eigenvalue weighted by Crippen LogP contribution is -2.35. The number of carbonyl (C=O) groups is 3. The van der Waals surface area contributed by atoms with Gasteiger partial charge in [0, 0.05) is 19.7 Å². The summed E-state index contributed by atoms with van der Waals surface area (Å²) in [4.78, 5) is 35.4. The van der Waals surface area contributed by atoms with E-state index < -0.39 is 18.4 Å². The highest BCUT2D eigenvalue weighted by molar-refractivity contribution is 6.04. The maximum atomic E-state index is 11.9. The van der Waals surface area contributed by atoms with Gasteiger partial charge >= 0.3 is 5.97 Å². The number of aromatic nitrogens is 1. The Bertz CT molecular complexity index is 622. The van der Waals surface area contributed by atoms with Gasteiger partial charge in [0.05, 0.1) is 0 Å². The van der Waals surface area contributed by atoms with Crippen LogP contribution in [0, 0.1) is 17.8 Å². The maximum absolute atomic E-state index is 11.9. The predicted octanol–water partition coefficient (Wildman–Crippen LogP) is 1.65. The predicted molar refractivity (Wildman–Crippen MR) is 82.4 cm³/mol. The lowest BCUT2D eigenvalue weighted by molar-refractivity contribution is -0.149. The number of fused-ring (bicyclic) bond motifs is 2. The smallest absolute Gasteiger partial charge is 0.306 e. The molecule has 124 valence electrons. The number of esters is 1. The molecule has 1 aromatic rings. The normalized spacial score (nSPS) is 25.3. The van der Waals surface area contributed by atoms with Gasteiger partial charge in [0.2, 0.25) is 0 Å². The Kier molecular flexibility index (Phi) is 4.50. The van der Waals surface area contributed by atoms with Crippen molar-refractivity contribution in [1.82, 2.24) is 9.88 Å². The monoisotopic (exact) mass is 318 g/mol. The molecular formula is C17H22N2O4. The van der Waals surface area contributed by atoms with E-state index >= 15 is 0 Å². The molecule has 0 aliphatic heterocycles. The first-order valence-electron chi connectivity index (χ1n) is 8.14. The number of aryl methyl sites for hydroxylation is 1. The van der Waals surface area contributed by atoms with Crippen LogP contribution in [0.2, 0.25) is 0 Å². The van der Waals surface area contributed by atoms with Gasteiger partial charge in [-0.25, -0.2) is 0 Å². The molecule has 1 heterocycles. The van der Waals surface area contributed by atoms with E-state index in [9.17, 15) is 14.4 Å². The number of hydrogen-bond donors (Lipinski definition) is 1. The van der Waals surface area contributed by atoms with Crippen LogP contribution >= 0.6 is 0 Å². The molecule has 3 rings (SSSR count). The Hall–Kier alpha value is -2.11. The van der Waals surface area contributed by atoms with Crippen LogP contribution in [-0.2, 0) is 21.4 Å². The fraction of sp³-hybridized carbons (Fsp3) is 0.588. The van der Waals surface area contributed by atoms with E-state index in [0.29, 0.717) is 24.0 Å². The zero-order valence-corrected chi connectivity index (χ0v) is 13.3. The minimum atomic E-state index is -0.600. The molecule has 2 fully saturated rings. The molecule has 2 aliphatic carbocycles. The number of ether oxygens (including phenoxy) is 1. The van der Waals surface area contributed by atoms with E-state index in [4.69, 9.17) is 4.74 Å². The maximum Gasteiger partial charge on any atom is 0.306 e. The van der Waals surface area contributed by atoms with Crippen molar-refractivity contribution in [3.05, 3.63) is 24.0 Å². The third-order valence-corrected chi connectivity index (χ3v) is 5.11. The Balaban J connectivity index is 1.39. The first-order valence-corrected chi connectivity index (χ1v) is 8.14. The van der Waals surface area contributed by atoms with Crippen LogP contribution in [0.1, 0.15) is 42.6 Å². The standard InChI is InChI=1S/C17H22N2O4/c1-19-6-2-3-14(19)17(22)18-15(20)10-23-16(21)9-13-8-11-4-5-12(13)7-11/h2-3,6,11-13H,4-5,7-10H2,1H3,(H,18,20,22)/t11-,12+,13-/m0/s1. The van der Waals surface area contributed by atoms with Gasteiger partial charge in [0.15, 0.2) is 6.61 Å². The van der Waals surface area contributed by atoms with Crippen molar-refractivity contribution in [2.75, 3.05) is 6.61 Å². The number of carbonyl (C=O) groups excluding carboxylic acids is 3. The van der Waals surface area contributed by atoms with Crippen molar-refractivity contribution in [1.29, 1.82) is 0 Å². The SMILES string of the molecule is Cn1cccc1C(=O)NC(=O)COC(=O)C[C@@H]1C[C@H]2CC[C@@H]1C2. The minimum Gasteiger partial charge on any atom is -0.456 e. The average Bonchev–Trinajstić information content (AvgIpc) is 3.21. The Morgan fingerprint density at radius 3 is 2.74 bits per heavy atom. The summed E-state index contributed by atoms with van der Waals surface area (Å²) in [7, 11) is 1.72. The fourth-order valence-electron chi connectivity index (χ4n) is 3.97. The summed E-state index contributed by atoms with van der Waals surface area (Å²) in [5.74, 6) is 0.409. The van der Waals surface area contributed by atoms with Gasteiger partial charge in [0.25, 0.3) is 11.8 Å². The van der Waals surface area contributed by atoms with Crippen molar-refractivity contribution in [3.63, 3.8) is 0 Å². The van der Waals surface area contributed by atoms with Crippen LogP contribution in [0.5, 0.6) is 0 Å². The molecule has 6 nitrogen and oxygen atoms in total. The van der Waals surface area contributed by atoms with E-state index in [-0.39, 0.29) is 5.97 Å². The lowest BCUT2D eigenvalue weighted by Gasteiger charge is -2.20. The molecule has 6 heteroatoms. The minimum absolute atomic E-state index is 0.344. The molecule has 3 atom stereocenters. The molecule has 0 spiro atoms. The van der Waals surface area contributed by atoms with Gasteiger partial charge in [-0.1, -0.05) is 6.42 Å². The quantitative estimate of drug-likeness (QED) is 0.838. The van der Waals surface area contributed by atoms with Crippen LogP contribution in [0.15, 0.2) is 18.3 Å². The first kappa shape index (κ1) is 15.8. The van der Waals surface area contributed by atoms with E-state index in [1.807, 2.05) is 0 Å². The number of amides is 2. The van der Waals surface area contributed by atoms with E-state index in [1.54, 1.807) is 29.9 Å². The van der Waals surface area contributed by atoms with Crippen molar-refractivity contribution in [2.24, 2.45) is 24.8 Å². The van der Waals surface area contributed by atoms with Gasteiger partial charge in [-0.3, -0.25) is 19.7 Å². The van der Waals surface area contributed by atoms with Crippen molar-refractivity contribution in [2.45, 2.75) is 32.1 Å². The molecule has 23 heavy (non-hydrogen) atoms. The summed E-state index contributed by atoms with van der Waals surface area (Å²) in [5.41, 5.74) is 0.381. The second kappa shape index (κ2) is 6.56. The van der Waals surface area contributed by atoms with Crippen LogP contribution in [-0.4, -0.2) is 29.0 Å². The van der Waals surface area contributed by atoms with Crippen molar-refractivity contribution >= 4 is 17.8 Å². The second-order valence-electron chi connectivity index (χ2n) is 6.68. The van der Waals surface area contributed by atoms with Crippen LogP contribution in [0.25, 0.3) is 0 Å². The van der Waals surface area contributed by atoms with Gasteiger partial charge in [-0.05, 0) is 49.1 Å². The number of hydrogen-bond acceptors (Lipinski definition) is 4. The number of rotatable bonds is 5. The number of nitrogens with zero attached hydrogens (tertiary/aromatic N) is 1. The summed E-state index contributed by atoms with van der Waals surface area (Å²) in [6.07, 6.45) is 6.96. The van der Waals surface area contributed by atoms with E-state index in [2.05, 4.69) is 5.32 Å². The molecule has 2 bridgehead atoms. The van der Waals surface area contributed by atoms with E-state index in [0.717, 1.165) is 12.3 Å². The highest BCUT2D eigenvalue weighted by Crippen LogP contribution is 2.49. The van der Waals surface area contributed by atoms with Crippen LogP contribution < -0.4 is 5.32 Å². The molecule has 0 aromatic carbocycles. The second-order valence-corrected chi connectivity index (χ2v) is 6.68. The fourth-order valence-corrected chi connectivity index (χ4v) is 3.97. The van der Waals surface area contributed by atoms with Crippen molar-refractivity contribution < 1.29 is 19.1 Å². The molecule has 1 N–H and O–H groups in total. The third-order valence-electron chi connectivity index (χ3n) is 5.11. The molecule has 0 radical (unpaired) electrons. The molecular weight excluding hydrogens is 296 g/mol. The Morgan fingerprint density at radius 2 is 2.13 bits per heavy atom. The van der Waals surface area contributed by atoms with Gasteiger partial charge in [-0.15, -0.1) is 0 Å². The molecule has 0 unspecified atom stereocenters. The summed E-state index contributed by atoms with van der Waals surface area (Å²) >= 11 is 0. The highest BCUT2D eigenvalue weighted by Gasteiger charge is 2.40. The molecule has 0 saturated heterocycles. The zero-order valence-electron chi connectivity index (χ0n) is 13.3. The zero-order chi connectivity index (χ0) is 16.4. The topological polar surface area (TPSA) is 77.4 Å². The number of nitrogens with one attached hydrogen (secondary N) is 1. The molecule has 2 aliphatic rings. The third kappa shape index (κ3) is 3.63. The van der Waals surface area contributed by atoms with Crippen LogP contribution in [0.3, 0.4) is 0 Å². The summed E-state index contributed by atoms with van der Waals surface area (Å²) in [6, 6.07) is 3.33. The number of imide groups is 1. The molecule has 1 aromatic heterocycles. The van der Waals surface area contributed by atoms with E-state index in [1.165, 1.54) is 19.3 Å². The summed E-state index contributed by atoms with van der Waals surface area (Å²) in [6.45, 7) is -0.407. The van der Waals surface area contributed by atoms with Gasteiger partial charge in [0.1, 0.15) is 5.69 Å². The van der Waals surface area contributed by atoms with Gasteiger partial charge in [-0.2, -0.15) is 0 Å². The molecule has 2 saturated carbocycles. The largest absolute Gasteiger partial charge is 0.456 e. The van der Waals surface area contributed by atoms with Gasteiger partial charge < -0.3 is 9.30 Å². The Labute approximate surface area is 135 Å². The average molecular weight is 318 g/mol. The lowest BCUT2D eigenvalue weighted by atomic mass is 9.86. The Morgan fingerprint density at radius 1 is 1.30 bits per heavy atom. The summed E-state index contributed by atoms with van der Waals surface area (Å²) in [5, 5.41) is 2.22.